The molecule has 0 aliphatic carbocycles. The van der Waals surface area contributed by atoms with E-state index in [1.165, 1.54) is 12.1 Å². The number of hydrogen-bond acceptors (Lipinski definition) is 4. The van der Waals surface area contributed by atoms with E-state index in [1.807, 2.05) is 0 Å². The van der Waals surface area contributed by atoms with Gasteiger partial charge in [-0.3, -0.25) is 10.1 Å². The molecule has 0 aliphatic rings. The van der Waals surface area contributed by atoms with Crippen LogP contribution in [0.15, 0.2) is 33.4 Å². The molecule has 1 aromatic heterocycles. The number of aromatic nitrogens is 1. The van der Waals surface area contributed by atoms with E-state index in [4.69, 9.17) is 4.52 Å². The Morgan fingerprint density at radius 3 is 2.63 bits per heavy atom. The Morgan fingerprint density at radius 2 is 2.05 bits per heavy atom. The van der Waals surface area contributed by atoms with E-state index in [0.717, 1.165) is 36.1 Å². The maximum Gasteiger partial charge on any atom is 0.269 e. The number of rotatable bonds is 5. The minimum absolute atomic E-state index is 0.0754. The Hall–Kier alpha value is -1.69. The maximum absolute atomic E-state index is 10.6. The summed E-state index contributed by atoms with van der Waals surface area (Å²) < 4.78 is 5.93. The largest absolute Gasteiger partial charge is 0.360 e. The van der Waals surface area contributed by atoms with Crippen molar-refractivity contribution in [3.8, 4) is 11.1 Å². The van der Waals surface area contributed by atoms with E-state index >= 15 is 0 Å². The standard InChI is InChI=1S/C13H13BrN2O3/c1-2-3-4-11-12(13(14)15-19-11)9-5-7-10(8-6-9)16(17)18/h5-8H,2-4H2,1H3. The summed E-state index contributed by atoms with van der Waals surface area (Å²) in [5.41, 5.74) is 1.82. The van der Waals surface area contributed by atoms with E-state index < -0.39 is 4.92 Å². The zero-order valence-corrected chi connectivity index (χ0v) is 12.0. The van der Waals surface area contributed by atoms with Crippen LogP contribution in [0.4, 0.5) is 5.69 Å². The first-order chi connectivity index (χ1) is 9.13. The van der Waals surface area contributed by atoms with Gasteiger partial charge in [0.1, 0.15) is 5.76 Å². The second-order valence-electron chi connectivity index (χ2n) is 4.18. The van der Waals surface area contributed by atoms with Gasteiger partial charge >= 0.3 is 0 Å². The van der Waals surface area contributed by atoms with Crippen LogP contribution in [-0.2, 0) is 6.42 Å². The molecular formula is C13H13BrN2O3. The van der Waals surface area contributed by atoms with Gasteiger partial charge in [-0.05, 0) is 40.0 Å². The summed E-state index contributed by atoms with van der Waals surface area (Å²) in [4.78, 5) is 10.2. The second kappa shape index (κ2) is 5.97. The minimum atomic E-state index is -0.412. The lowest BCUT2D eigenvalue weighted by atomic mass is 10.0. The van der Waals surface area contributed by atoms with Crippen molar-refractivity contribution in [3.05, 3.63) is 44.7 Å². The molecule has 0 spiro atoms. The normalized spacial score (nSPS) is 10.6. The van der Waals surface area contributed by atoms with Gasteiger partial charge in [-0.25, -0.2) is 0 Å². The van der Waals surface area contributed by atoms with Crippen LogP contribution in [0, 0.1) is 10.1 Å². The Balaban J connectivity index is 2.35. The SMILES string of the molecule is CCCCc1onc(Br)c1-c1ccc([N+](=O)[O-])cc1. The van der Waals surface area contributed by atoms with Gasteiger partial charge in [-0.2, -0.15) is 0 Å². The number of non-ortho nitro benzene ring substituents is 1. The molecule has 0 atom stereocenters. The molecule has 1 heterocycles. The van der Waals surface area contributed by atoms with E-state index in [1.54, 1.807) is 12.1 Å². The third-order valence-electron chi connectivity index (χ3n) is 2.85. The molecule has 2 aromatic rings. The van der Waals surface area contributed by atoms with Gasteiger partial charge in [0, 0.05) is 18.6 Å². The van der Waals surface area contributed by atoms with Gasteiger partial charge in [0.05, 0.1) is 10.5 Å². The smallest absolute Gasteiger partial charge is 0.269 e. The number of nitro benzene ring substituents is 1. The predicted molar refractivity (Wildman–Crippen MR) is 74.9 cm³/mol. The van der Waals surface area contributed by atoms with Crippen LogP contribution in [0.5, 0.6) is 0 Å². The number of nitrogens with zero attached hydrogens (tertiary/aromatic N) is 2. The van der Waals surface area contributed by atoms with E-state index in [-0.39, 0.29) is 5.69 Å². The van der Waals surface area contributed by atoms with Gasteiger partial charge < -0.3 is 4.52 Å². The number of benzene rings is 1. The highest BCUT2D eigenvalue weighted by Crippen LogP contribution is 2.33. The van der Waals surface area contributed by atoms with Gasteiger partial charge in [0.25, 0.3) is 5.69 Å². The van der Waals surface area contributed by atoms with E-state index in [0.29, 0.717) is 4.60 Å². The molecule has 19 heavy (non-hydrogen) atoms. The molecule has 5 nitrogen and oxygen atoms in total. The van der Waals surface area contributed by atoms with Crippen LogP contribution in [0.25, 0.3) is 11.1 Å². The van der Waals surface area contributed by atoms with Crippen molar-refractivity contribution in [2.24, 2.45) is 0 Å². The van der Waals surface area contributed by atoms with Crippen LogP contribution in [0.2, 0.25) is 0 Å². The summed E-state index contributed by atoms with van der Waals surface area (Å²) in [6.07, 6.45) is 2.89. The molecule has 0 amide bonds. The molecule has 0 N–H and O–H groups in total. The van der Waals surface area contributed by atoms with E-state index in [2.05, 4.69) is 28.0 Å². The summed E-state index contributed by atoms with van der Waals surface area (Å²) >= 11 is 3.35. The third kappa shape index (κ3) is 3.01. The summed E-state index contributed by atoms with van der Waals surface area (Å²) in [5, 5.41) is 14.6. The van der Waals surface area contributed by atoms with Crippen molar-refractivity contribution < 1.29 is 9.45 Å². The molecule has 0 aliphatic heterocycles. The monoisotopic (exact) mass is 324 g/mol. The van der Waals surface area contributed by atoms with Crippen molar-refractivity contribution in [2.45, 2.75) is 26.2 Å². The molecular weight excluding hydrogens is 312 g/mol. The molecule has 0 radical (unpaired) electrons. The molecule has 0 unspecified atom stereocenters. The van der Waals surface area contributed by atoms with Gasteiger partial charge in [-0.1, -0.05) is 18.5 Å². The summed E-state index contributed by atoms with van der Waals surface area (Å²) in [6.45, 7) is 2.11. The first kappa shape index (κ1) is 13.7. The molecule has 100 valence electrons. The van der Waals surface area contributed by atoms with Crippen molar-refractivity contribution in [3.63, 3.8) is 0 Å². The number of aryl methyl sites for hydroxylation is 1. The van der Waals surface area contributed by atoms with Crippen molar-refractivity contribution >= 4 is 21.6 Å². The van der Waals surface area contributed by atoms with Gasteiger partial charge in [-0.15, -0.1) is 0 Å². The van der Waals surface area contributed by atoms with Crippen LogP contribution in [-0.4, -0.2) is 10.1 Å². The molecule has 1 aromatic carbocycles. The van der Waals surface area contributed by atoms with Crippen molar-refractivity contribution in [2.75, 3.05) is 0 Å². The third-order valence-corrected chi connectivity index (χ3v) is 3.39. The quantitative estimate of drug-likeness (QED) is 0.605. The van der Waals surface area contributed by atoms with Crippen LogP contribution >= 0.6 is 15.9 Å². The lowest BCUT2D eigenvalue weighted by Gasteiger charge is -2.01. The minimum Gasteiger partial charge on any atom is -0.360 e. The predicted octanol–water partition coefficient (Wildman–Crippen LogP) is 4.35. The lowest BCUT2D eigenvalue weighted by Crippen LogP contribution is -1.89. The first-order valence-electron chi connectivity index (χ1n) is 6.02. The molecule has 6 heteroatoms. The highest BCUT2D eigenvalue weighted by Gasteiger charge is 2.16. The van der Waals surface area contributed by atoms with Gasteiger partial charge in [0.15, 0.2) is 4.60 Å². The fraction of sp³-hybridized carbons (Fsp3) is 0.308. The van der Waals surface area contributed by atoms with E-state index in [9.17, 15) is 10.1 Å². The zero-order valence-electron chi connectivity index (χ0n) is 10.4. The number of halogens is 1. The average Bonchev–Trinajstić information content (AvgIpc) is 2.77. The molecule has 2 rings (SSSR count). The van der Waals surface area contributed by atoms with Crippen LogP contribution in [0.3, 0.4) is 0 Å². The van der Waals surface area contributed by atoms with Crippen molar-refractivity contribution in [1.29, 1.82) is 0 Å². The summed E-state index contributed by atoms with van der Waals surface area (Å²) in [5.74, 6) is 0.808. The van der Waals surface area contributed by atoms with Crippen LogP contribution in [0.1, 0.15) is 25.5 Å². The summed E-state index contributed by atoms with van der Waals surface area (Å²) in [6, 6.07) is 6.40. The molecule has 0 fully saturated rings. The van der Waals surface area contributed by atoms with Crippen molar-refractivity contribution in [1.82, 2.24) is 5.16 Å². The number of nitro groups is 1. The lowest BCUT2D eigenvalue weighted by molar-refractivity contribution is -0.384. The molecule has 0 bridgehead atoms. The molecule has 0 saturated heterocycles. The molecule has 0 saturated carbocycles. The topological polar surface area (TPSA) is 69.2 Å². The average molecular weight is 325 g/mol. The van der Waals surface area contributed by atoms with Gasteiger partial charge in [0.2, 0.25) is 0 Å². The van der Waals surface area contributed by atoms with Crippen LogP contribution < -0.4 is 0 Å². The Bertz CT molecular complexity index is 578. The highest BCUT2D eigenvalue weighted by atomic mass is 79.9. The highest BCUT2D eigenvalue weighted by molar-refractivity contribution is 9.10. The summed E-state index contributed by atoms with van der Waals surface area (Å²) in [7, 11) is 0. The zero-order chi connectivity index (χ0) is 13.8. The Labute approximate surface area is 118 Å². The fourth-order valence-corrected chi connectivity index (χ4v) is 2.36. The fourth-order valence-electron chi connectivity index (χ4n) is 1.84. The second-order valence-corrected chi connectivity index (χ2v) is 4.93. The number of hydrogen-bond donors (Lipinski definition) is 0. The first-order valence-corrected chi connectivity index (χ1v) is 6.81. The number of unbranched alkanes of at least 4 members (excludes halogenated alkanes) is 1. The Morgan fingerprint density at radius 1 is 1.37 bits per heavy atom. The Kier molecular flexibility index (Phi) is 4.31. The maximum atomic E-state index is 10.6.